The summed E-state index contributed by atoms with van der Waals surface area (Å²) in [7, 11) is 0. The number of carbonyl (C=O) groups excluding carboxylic acids is 5. The van der Waals surface area contributed by atoms with Crippen molar-refractivity contribution in [2.24, 2.45) is 57.2 Å². The molecule has 17 atom stereocenters. The van der Waals surface area contributed by atoms with Crippen molar-refractivity contribution in [1.29, 1.82) is 0 Å². The van der Waals surface area contributed by atoms with Crippen LogP contribution in [0.4, 0.5) is 0 Å². The molecule has 0 amide bonds. The molecule has 6 N–H and O–H groups in total. The summed E-state index contributed by atoms with van der Waals surface area (Å²) in [6.07, 6.45) is 11.6. The van der Waals surface area contributed by atoms with Crippen LogP contribution in [0.1, 0.15) is 129 Å². The van der Waals surface area contributed by atoms with Crippen molar-refractivity contribution >= 4 is 29.4 Å². The molecule has 0 spiro atoms. The molecule has 9 rings (SSSR count). The standard InChI is InChI=1S/C25H34O6.C21H28O6.C4H8O.CH4/c1-4-5-21-30-20-11-17-16-7-6-14-10-15(27)8-9-23(14,2)22(16)18(28)12-24(17,3)25(20,31-21)19(29)13-26;1-19-6-5-12(23)7-11(19)3-4-13-14-8-16(25)21(27,17(26)10-22)20(14,2)9-15(24)18(13)19;1-2-3-4-5;/h8-10,16-18,20-22,26,28H,4-7,11-13H2,1-3H3;5-7,13-16,18,22,24-25,27H,3-4,8-10H2,1-2H3;4H,2-3H2,1H3;1H4/t16-,17-,18-,20+,21?,22+,23-,24-,25+;13-,14-,15-,16+,18+,19-,20-,21-;;/m00../s1/i21D;;4D;. The highest BCUT2D eigenvalue weighted by Gasteiger charge is 2.76. The normalized spacial score (nSPS) is 48.2. The third kappa shape index (κ3) is 7.29. The number of hydrogen-bond acceptors (Lipinski definition) is 13. The molecule has 6 saturated carbocycles. The predicted molar refractivity (Wildman–Crippen MR) is 237 cm³/mol. The van der Waals surface area contributed by atoms with E-state index >= 15 is 0 Å². The van der Waals surface area contributed by atoms with Crippen molar-refractivity contribution in [3.05, 3.63) is 47.6 Å². The summed E-state index contributed by atoms with van der Waals surface area (Å²) >= 11 is 0. The van der Waals surface area contributed by atoms with Crippen molar-refractivity contribution in [2.45, 2.75) is 168 Å². The Labute approximate surface area is 381 Å². The lowest BCUT2D eigenvalue weighted by atomic mass is 9.46. The van der Waals surface area contributed by atoms with Crippen LogP contribution in [0.25, 0.3) is 0 Å². The molecular weight excluding hydrogens is 821 g/mol. The fourth-order valence-corrected chi connectivity index (χ4v) is 15.0. The number of ether oxygens (including phenoxy) is 2. The van der Waals surface area contributed by atoms with E-state index in [0.29, 0.717) is 32.1 Å². The van der Waals surface area contributed by atoms with E-state index in [1.54, 1.807) is 31.2 Å². The first-order chi connectivity index (χ1) is 30.4. The van der Waals surface area contributed by atoms with E-state index in [1.165, 1.54) is 0 Å². The molecule has 0 aromatic carbocycles. The Balaban J connectivity index is 0.000000194. The molecule has 64 heavy (non-hydrogen) atoms. The van der Waals surface area contributed by atoms with Gasteiger partial charge in [-0.3, -0.25) is 19.2 Å². The summed E-state index contributed by atoms with van der Waals surface area (Å²) < 4.78 is 27.4. The number of aliphatic hydroxyl groups excluding tert-OH is 5. The fourth-order valence-electron chi connectivity index (χ4n) is 15.0. The molecule has 0 radical (unpaired) electrons. The van der Waals surface area contributed by atoms with Crippen LogP contribution in [0, 0.1) is 57.2 Å². The molecular formula is C51H74O13. The summed E-state index contributed by atoms with van der Waals surface area (Å²) in [5, 5.41) is 63.8. The van der Waals surface area contributed by atoms with E-state index in [4.69, 9.17) is 12.2 Å². The Hall–Kier alpha value is -3.01. The zero-order valence-corrected chi connectivity index (χ0v) is 37.7. The highest BCUT2D eigenvalue weighted by molar-refractivity contribution is 6.01. The van der Waals surface area contributed by atoms with Crippen LogP contribution in [0.5, 0.6) is 0 Å². The second kappa shape index (κ2) is 18.2. The summed E-state index contributed by atoms with van der Waals surface area (Å²) in [6.45, 7) is 10.2. The number of Topliss-reactive ketones (excluding diaryl/α,β-unsaturated/α-hetero) is 2. The second-order valence-corrected chi connectivity index (χ2v) is 20.8. The van der Waals surface area contributed by atoms with E-state index in [9.17, 15) is 54.6 Å². The monoisotopic (exact) mass is 897 g/mol. The van der Waals surface area contributed by atoms with Gasteiger partial charge in [-0.25, -0.2) is 0 Å². The molecule has 1 saturated heterocycles. The fraction of sp³-hybridized carbons (Fsp3) is 0.745. The maximum Gasteiger partial charge on any atom is 0.193 e. The number of aliphatic hydroxyl groups is 6. The first kappa shape index (κ1) is 47.5. The number of carbonyl (C=O) groups is 5. The molecule has 0 aromatic heterocycles. The van der Waals surface area contributed by atoms with Gasteiger partial charge in [-0.05, 0) is 112 Å². The zero-order chi connectivity index (χ0) is 47.9. The number of hydrogen-bond donors (Lipinski definition) is 6. The largest absolute Gasteiger partial charge is 0.393 e. The van der Waals surface area contributed by atoms with Gasteiger partial charge in [0.15, 0.2) is 40.6 Å². The van der Waals surface area contributed by atoms with Gasteiger partial charge in [0.25, 0.3) is 0 Å². The Kier molecular flexibility index (Phi) is 13.5. The summed E-state index contributed by atoms with van der Waals surface area (Å²) in [5.74, 6) is -1.44. The van der Waals surface area contributed by atoms with Crippen LogP contribution in [-0.2, 0) is 33.4 Å². The van der Waals surface area contributed by atoms with E-state index in [-0.39, 0.29) is 67.3 Å². The van der Waals surface area contributed by atoms with Gasteiger partial charge in [0.2, 0.25) is 0 Å². The Bertz CT molecular complexity index is 2080. The molecule has 356 valence electrons. The highest BCUT2D eigenvalue weighted by atomic mass is 16.7. The van der Waals surface area contributed by atoms with Gasteiger partial charge in [-0.15, -0.1) is 0 Å². The topological polar surface area (TPSA) is 225 Å². The molecule has 1 heterocycles. The van der Waals surface area contributed by atoms with E-state index in [1.807, 2.05) is 39.8 Å². The molecule has 13 nitrogen and oxygen atoms in total. The number of ketones is 4. The first-order valence-corrected chi connectivity index (χ1v) is 23.2. The van der Waals surface area contributed by atoms with Crippen LogP contribution in [0.3, 0.4) is 0 Å². The predicted octanol–water partition coefficient (Wildman–Crippen LogP) is 4.87. The second-order valence-electron chi connectivity index (χ2n) is 20.8. The lowest BCUT2D eigenvalue weighted by Gasteiger charge is -2.59. The van der Waals surface area contributed by atoms with Crippen molar-refractivity contribution in [2.75, 3.05) is 13.2 Å². The van der Waals surface area contributed by atoms with Gasteiger partial charge in [-0.1, -0.05) is 78.7 Å². The average molecular weight is 897 g/mol. The highest BCUT2D eigenvalue weighted by Crippen LogP contribution is 2.70. The minimum Gasteiger partial charge on any atom is -0.393 e. The van der Waals surface area contributed by atoms with E-state index in [0.717, 1.165) is 43.3 Å². The maximum absolute atomic E-state index is 13.3. The van der Waals surface area contributed by atoms with Crippen molar-refractivity contribution in [1.82, 2.24) is 0 Å². The minimum absolute atomic E-state index is 0. The van der Waals surface area contributed by atoms with Gasteiger partial charge >= 0.3 is 0 Å². The van der Waals surface area contributed by atoms with Crippen LogP contribution < -0.4 is 0 Å². The molecule has 9 aliphatic rings. The maximum atomic E-state index is 13.3. The van der Waals surface area contributed by atoms with Crippen LogP contribution in [0.2, 0.25) is 0 Å². The van der Waals surface area contributed by atoms with Gasteiger partial charge in [0.05, 0.1) is 25.8 Å². The number of allylic oxidation sites excluding steroid dienone is 8. The molecule has 8 aliphatic carbocycles. The molecule has 7 fully saturated rings. The Morgan fingerprint density at radius 3 is 1.77 bits per heavy atom. The quantitative estimate of drug-likeness (QED) is 0.179. The zero-order valence-electron chi connectivity index (χ0n) is 39.7. The third-order valence-corrected chi connectivity index (χ3v) is 17.9. The van der Waals surface area contributed by atoms with E-state index in [2.05, 4.69) is 6.92 Å². The van der Waals surface area contributed by atoms with Crippen LogP contribution in [0.15, 0.2) is 47.6 Å². The molecule has 1 unspecified atom stereocenters. The molecule has 0 bridgehead atoms. The van der Waals surface area contributed by atoms with Gasteiger partial charge in [-0.2, -0.15) is 0 Å². The summed E-state index contributed by atoms with van der Waals surface area (Å²) in [5.41, 5.74) is -3.96. The first-order valence-electron chi connectivity index (χ1n) is 24.2. The summed E-state index contributed by atoms with van der Waals surface area (Å²) in [4.78, 5) is 59.2. The van der Waals surface area contributed by atoms with Crippen molar-refractivity contribution in [3.63, 3.8) is 0 Å². The van der Waals surface area contributed by atoms with Crippen LogP contribution >= 0.6 is 0 Å². The minimum atomic E-state index is -2.05. The number of aldehydes is 1. The third-order valence-electron chi connectivity index (χ3n) is 17.9. The molecule has 1 aliphatic heterocycles. The molecule has 13 heteroatoms. The number of rotatable bonds is 8. The van der Waals surface area contributed by atoms with E-state index < -0.39 is 94.6 Å². The number of fused-ring (bicyclic) bond motifs is 12. The SMILES string of the molecule is C.C[C@]12C=CC(=O)C=C1CC[C@@H]1[C@@H]2[C@@H](O)C[C@@]2(C)[C@H]1C[C@@H](O)[C@]2(O)C(=O)CO.[2H]C(=O)CCC.[2H]C1(CCC)O[C@@H]2C[C@H]3[C@@H]4CCC5=CC(=O)C=C[C@]5(C)[C@H]4[C@@H](O)C[C@]3(C)[C@]2(C(=O)CO)O1. The van der Waals surface area contributed by atoms with Crippen LogP contribution in [-0.4, -0.2) is 115 Å². The lowest BCUT2D eigenvalue weighted by molar-refractivity contribution is -0.200. The Morgan fingerprint density at radius 1 is 0.812 bits per heavy atom. The smallest absolute Gasteiger partial charge is 0.193 e. The van der Waals surface area contributed by atoms with Gasteiger partial charge in [0, 0.05) is 39.9 Å². The van der Waals surface area contributed by atoms with Crippen molar-refractivity contribution in [3.8, 4) is 0 Å². The van der Waals surface area contributed by atoms with Crippen molar-refractivity contribution < 1.29 is 66.8 Å². The summed E-state index contributed by atoms with van der Waals surface area (Å²) in [6, 6.07) is 0. The van der Waals surface area contributed by atoms with Gasteiger partial charge < -0.3 is 44.9 Å². The van der Waals surface area contributed by atoms with Gasteiger partial charge in [0.1, 0.15) is 20.8 Å². The Morgan fingerprint density at radius 2 is 1.31 bits per heavy atom. The molecule has 0 aromatic rings. The lowest BCUT2D eigenvalue weighted by Crippen LogP contribution is -2.63. The average Bonchev–Trinajstić information content (AvgIpc) is 3.75.